The Bertz CT molecular complexity index is 378. The molecule has 0 aliphatic carbocycles. The van der Waals surface area contributed by atoms with Crippen molar-refractivity contribution in [3.8, 4) is 5.75 Å². The summed E-state index contributed by atoms with van der Waals surface area (Å²) in [5.74, 6) is -2.46. The topological polar surface area (TPSA) is 46.5 Å². The molecule has 0 fully saturated rings. The third-order valence-corrected chi connectivity index (χ3v) is 2.31. The van der Waals surface area contributed by atoms with E-state index in [1.165, 1.54) is 31.2 Å². The fraction of sp³-hybridized carbons (Fsp3) is 0.364. The first kappa shape index (κ1) is 13.3. The van der Waals surface area contributed by atoms with Gasteiger partial charge < -0.3 is 9.84 Å². The van der Waals surface area contributed by atoms with Gasteiger partial charge in [-0.2, -0.15) is 8.78 Å². The predicted octanol–water partition coefficient (Wildman–Crippen LogP) is 2.81. The molecule has 94 valence electrons. The van der Waals surface area contributed by atoms with Crippen LogP contribution in [-0.4, -0.2) is 23.9 Å². The maximum Gasteiger partial charge on any atom is 0.387 e. The Balaban J connectivity index is 2.76. The number of carboxylic acids is 1. The zero-order valence-electron chi connectivity index (χ0n) is 8.94. The van der Waals surface area contributed by atoms with Crippen LogP contribution in [0.4, 0.5) is 13.2 Å². The van der Waals surface area contributed by atoms with Crippen molar-refractivity contribution >= 4 is 5.97 Å². The number of alkyl halides is 3. The molecule has 0 amide bonds. The molecule has 2 unspecified atom stereocenters. The summed E-state index contributed by atoms with van der Waals surface area (Å²) in [5.41, 5.74) is 0.404. The number of carbonyl (C=O) groups is 1. The number of aliphatic carboxylic acids is 1. The van der Waals surface area contributed by atoms with Crippen LogP contribution in [0, 0.1) is 0 Å². The smallest absolute Gasteiger partial charge is 0.387 e. The highest BCUT2D eigenvalue weighted by molar-refractivity contribution is 5.73. The number of halogens is 3. The fourth-order valence-corrected chi connectivity index (χ4v) is 1.34. The first-order valence-electron chi connectivity index (χ1n) is 4.83. The van der Waals surface area contributed by atoms with Crippen molar-refractivity contribution < 1.29 is 27.8 Å². The largest absolute Gasteiger partial charge is 0.479 e. The Morgan fingerprint density at radius 1 is 1.24 bits per heavy atom. The van der Waals surface area contributed by atoms with E-state index in [0.29, 0.717) is 5.56 Å². The van der Waals surface area contributed by atoms with Gasteiger partial charge in [-0.05, 0) is 17.7 Å². The quantitative estimate of drug-likeness (QED) is 0.871. The maximum atomic E-state index is 13.2. The SMILES string of the molecule is CC(c1ccc(OC(F)F)cc1)C(F)C(=O)O. The highest BCUT2D eigenvalue weighted by Crippen LogP contribution is 2.24. The molecule has 0 bridgehead atoms. The summed E-state index contributed by atoms with van der Waals surface area (Å²) in [6, 6.07) is 5.20. The van der Waals surface area contributed by atoms with Gasteiger partial charge in [-0.1, -0.05) is 19.1 Å². The Morgan fingerprint density at radius 3 is 2.18 bits per heavy atom. The molecule has 3 nitrogen and oxygen atoms in total. The van der Waals surface area contributed by atoms with E-state index in [4.69, 9.17) is 5.11 Å². The molecule has 0 heterocycles. The Labute approximate surface area is 95.8 Å². The van der Waals surface area contributed by atoms with Crippen LogP contribution in [-0.2, 0) is 4.79 Å². The van der Waals surface area contributed by atoms with Crippen molar-refractivity contribution in [3.63, 3.8) is 0 Å². The molecular formula is C11H11F3O3. The van der Waals surface area contributed by atoms with Gasteiger partial charge >= 0.3 is 12.6 Å². The van der Waals surface area contributed by atoms with Crippen LogP contribution in [0.1, 0.15) is 18.4 Å². The van der Waals surface area contributed by atoms with Gasteiger partial charge in [0.2, 0.25) is 6.17 Å². The number of ether oxygens (including phenoxy) is 1. The van der Waals surface area contributed by atoms with Crippen LogP contribution >= 0.6 is 0 Å². The van der Waals surface area contributed by atoms with E-state index in [1.807, 2.05) is 0 Å². The second-order valence-corrected chi connectivity index (χ2v) is 3.48. The molecule has 1 N–H and O–H groups in total. The fourth-order valence-electron chi connectivity index (χ4n) is 1.34. The first-order chi connectivity index (χ1) is 7.91. The maximum absolute atomic E-state index is 13.2. The summed E-state index contributed by atoms with van der Waals surface area (Å²) < 4.78 is 41.0. The summed E-state index contributed by atoms with van der Waals surface area (Å²) >= 11 is 0. The standard InChI is InChI=1S/C11H11F3O3/c1-6(9(12)10(15)16)7-2-4-8(5-3-7)17-11(13)14/h2-6,9,11H,1H3,(H,15,16). The van der Waals surface area contributed by atoms with E-state index < -0.39 is 24.7 Å². The lowest BCUT2D eigenvalue weighted by atomic mass is 9.96. The minimum atomic E-state index is -2.92. The molecule has 6 heteroatoms. The van der Waals surface area contributed by atoms with Crippen LogP contribution in [0.15, 0.2) is 24.3 Å². The third kappa shape index (κ3) is 3.65. The Morgan fingerprint density at radius 2 is 1.76 bits per heavy atom. The monoisotopic (exact) mass is 248 g/mol. The van der Waals surface area contributed by atoms with E-state index >= 15 is 0 Å². The molecule has 0 radical (unpaired) electrons. The van der Waals surface area contributed by atoms with Gasteiger partial charge in [0.15, 0.2) is 0 Å². The molecule has 1 aromatic carbocycles. The molecule has 0 spiro atoms. The summed E-state index contributed by atoms with van der Waals surface area (Å²) in [6.45, 7) is -1.52. The van der Waals surface area contributed by atoms with Gasteiger partial charge in [-0.25, -0.2) is 9.18 Å². The summed E-state index contributed by atoms with van der Waals surface area (Å²) in [4.78, 5) is 10.4. The zero-order chi connectivity index (χ0) is 13.0. The molecule has 2 atom stereocenters. The summed E-state index contributed by atoms with van der Waals surface area (Å²) in [6.07, 6.45) is -2.03. The zero-order valence-corrected chi connectivity index (χ0v) is 8.94. The molecule has 1 aromatic rings. The van der Waals surface area contributed by atoms with Gasteiger partial charge in [0, 0.05) is 5.92 Å². The van der Waals surface area contributed by atoms with Crippen molar-refractivity contribution in [2.24, 2.45) is 0 Å². The molecule has 0 aliphatic rings. The molecular weight excluding hydrogens is 237 g/mol. The highest BCUT2D eigenvalue weighted by atomic mass is 19.3. The Hall–Kier alpha value is -1.72. The molecule has 0 aromatic heterocycles. The Kier molecular flexibility index (Phi) is 4.37. The van der Waals surface area contributed by atoms with Crippen molar-refractivity contribution in [3.05, 3.63) is 29.8 Å². The minimum absolute atomic E-state index is 0.0540. The molecule has 0 saturated carbocycles. The highest BCUT2D eigenvalue weighted by Gasteiger charge is 2.25. The second kappa shape index (κ2) is 5.56. The minimum Gasteiger partial charge on any atom is -0.479 e. The van der Waals surface area contributed by atoms with Crippen LogP contribution in [0.25, 0.3) is 0 Å². The second-order valence-electron chi connectivity index (χ2n) is 3.48. The summed E-state index contributed by atoms with van der Waals surface area (Å²) in [5, 5.41) is 8.49. The lowest BCUT2D eigenvalue weighted by Crippen LogP contribution is -2.21. The van der Waals surface area contributed by atoms with E-state index in [2.05, 4.69) is 4.74 Å². The molecule has 0 aliphatic heterocycles. The number of carboxylic acid groups (broad SMARTS) is 1. The van der Waals surface area contributed by atoms with Crippen molar-refractivity contribution in [2.75, 3.05) is 0 Å². The number of hydrogen-bond acceptors (Lipinski definition) is 2. The lowest BCUT2D eigenvalue weighted by molar-refractivity contribution is -0.143. The first-order valence-corrected chi connectivity index (χ1v) is 4.83. The molecule has 1 rings (SSSR count). The van der Waals surface area contributed by atoms with Gasteiger partial charge in [0.25, 0.3) is 0 Å². The van der Waals surface area contributed by atoms with E-state index in [9.17, 15) is 18.0 Å². The predicted molar refractivity (Wildman–Crippen MR) is 54.0 cm³/mol. The number of rotatable bonds is 5. The van der Waals surface area contributed by atoms with Crippen LogP contribution in [0.5, 0.6) is 5.75 Å². The van der Waals surface area contributed by atoms with E-state index in [-0.39, 0.29) is 5.75 Å². The van der Waals surface area contributed by atoms with Gasteiger partial charge in [0.1, 0.15) is 5.75 Å². The van der Waals surface area contributed by atoms with Gasteiger partial charge in [-0.15, -0.1) is 0 Å². The van der Waals surface area contributed by atoms with Crippen molar-refractivity contribution in [1.29, 1.82) is 0 Å². The van der Waals surface area contributed by atoms with Gasteiger partial charge in [0.05, 0.1) is 0 Å². The third-order valence-electron chi connectivity index (χ3n) is 2.31. The van der Waals surface area contributed by atoms with Crippen molar-refractivity contribution in [2.45, 2.75) is 25.6 Å². The molecule has 17 heavy (non-hydrogen) atoms. The average molecular weight is 248 g/mol. The number of hydrogen-bond donors (Lipinski definition) is 1. The van der Waals surface area contributed by atoms with E-state index in [0.717, 1.165) is 0 Å². The normalized spacial score (nSPS) is 14.4. The summed E-state index contributed by atoms with van der Waals surface area (Å²) in [7, 11) is 0. The number of benzene rings is 1. The average Bonchev–Trinajstić information content (AvgIpc) is 2.27. The lowest BCUT2D eigenvalue weighted by Gasteiger charge is -2.14. The van der Waals surface area contributed by atoms with Gasteiger partial charge in [-0.3, -0.25) is 0 Å². The molecule has 0 saturated heterocycles. The van der Waals surface area contributed by atoms with Crippen molar-refractivity contribution in [1.82, 2.24) is 0 Å². The van der Waals surface area contributed by atoms with Crippen LogP contribution in [0.2, 0.25) is 0 Å². The van der Waals surface area contributed by atoms with E-state index in [1.54, 1.807) is 0 Å². The van der Waals surface area contributed by atoms with Crippen LogP contribution < -0.4 is 4.74 Å². The van der Waals surface area contributed by atoms with Crippen LogP contribution in [0.3, 0.4) is 0 Å².